The summed E-state index contributed by atoms with van der Waals surface area (Å²) in [5, 5.41) is 7.29. The van der Waals surface area contributed by atoms with E-state index in [0.29, 0.717) is 24.9 Å². The number of hydrogen-bond acceptors (Lipinski definition) is 6. The second-order valence-electron chi connectivity index (χ2n) is 4.39. The monoisotopic (exact) mass is 339 g/mol. The Labute approximate surface area is 124 Å². The SMILES string of the molecule is COc1ccc(-c2noc(C3COCCN3)n2)cc1Br. The van der Waals surface area contributed by atoms with Crippen LogP contribution in [-0.2, 0) is 4.74 Å². The maximum atomic E-state index is 5.39. The van der Waals surface area contributed by atoms with E-state index in [0.717, 1.165) is 22.3 Å². The predicted octanol–water partition coefficient (Wildman–Crippen LogP) is 2.17. The van der Waals surface area contributed by atoms with Gasteiger partial charge in [0.2, 0.25) is 11.7 Å². The molecule has 0 saturated carbocycles. The molecule has 1 aromatic heterocycles. The van der Waals surface area contributed by atoms with Crippen LogP contribution in [0.25, 0.3) is 11.4 Å². The molecule has 6 nitrogen and oxygen atoms in total. The molecule has 1 atom stereocenters. The number of nitrogens with one attached hydrogen (secondary N) is 1. The van der Waals surface area contributed by atoms with Gasteiger partial charge in [-0.2, -0.15) is 4.98 Å². The Balaban J connectivity index is 1.84. The van der Waals surface area contributed by atoms with Crippen molar-refractivity contribution in [2.75, 3.05) is 26.9 Å². The van der Waals surface area contributed by atoms with E-state index >= 15 is 0 Å². The van der Waals surface area contributed by atoms with E-state index in [4.69, 9.17) is 14.0 Å². The summed E-state index contributed by atoms with van der Waals surface area (Å²) in [6.45, 7) is 2.05. The minimum absolute atomic E-state index is 0.0355. The first kappa shape index (κ1) is 13.5. The van der Waals surface area contributed by atoms with E-state index in [9.17, 15) is 0 Å². The molecule has 0 radical (unpaired) electrons. The molecule has 20 heavy (non-hydrogen) atoms. The summed E-state index contributed by atoms with van der Waals surface area (Å²) < 4.78 is 16.7. The lowest BCUT2D eigenvalue weighted by Crippen LogP contribution is -2.34. The molecule has 1 unspecified atom stereocenters. The van der Waals surface area contributed by atoms with Gasteiger partial charge in [0.25, 0.3) is 0 Å². The first-order valence-electron chi connectivity index (χ1n) is 6.26. The fourth-order valence-electron chi connectivity index (χ4n) is 2.02. The summed E-state index contributed by atoms with van der Waals surface area (Å²) in [4.78, 5) is 4.42. The van der Waals surface area contributed by atoms with E-state index in [1.54, 1.807) is 7.11 Å². The van der Waals surface area contributed by atoms with Crippen molar-refractivity contribution in [1.82, 2.24) is 15.5 Å². The van der Waals surface area contributed by atoms with Crippen molar-refractivity contribution in [2.24, 2.45) is 0 Å². The van der Waals surface area contributed by atoms with Crippen LogP contribution >= 0.6 is 15.9 Å². The fourth-order valence-corrected chi connectivity index (χ4v) is 2.56. The molecule has 2 aromatic rings. The van der Waals surface area contributed by atoms with Crippen molar-refractivity contribution in [3.05, 3.63) is 28.6 Å². The Bertz CT molecular complexity index is 596. The average molecular weight is 340 g/mol. The Morgan fingerprint density at radius 3 is 3.05 bits per heavy atom. The lowest BCUT2D eigenvalue weighted by Gasteiger charge is -2.20. The molecule has 7 heteroatoms. The number of rotatable bonds is 3. The zero-order valence-corrected chi connectivity index (χ0v) is 12.5. The molecule has 106 valence electrons. The van der Waals surface area contributed by atoms with Crippen molar-refractivity contribution in [3.63, 3.8) is 0 Å². The van der Waals surface area contributed by atoms with Crippen molar-refractivity contribution in [2.45, 2.75) is 6.04 Å². The van der Waals surface area contributed by atoms with Crippen molar-refractivity contribution in [3.8, 4) is 17.1 Å². The summed E-state index contributed by atoms with van der Waals surface area (Å²) in [7, 11) is 1.63. The minimum atomic E-state index is -0.0355. The van der Waals surface area contributed by atoms with Gasteiger partial charge in [-0.05, 0) is 34.1 Å². The Morgan fingerprint density at radius 1 is 1.45 bits per heavy atom. The van der Waals surface area contributed by atoms with Crippen LogP contribution < -0.4 is 10.1 Å². The highest BCUT2D eigenvalue weighted by Gasteiger charge is 2.22. The molecule has 3 rings (SSSR count). The van der Waals surface area contributed by atoms with Crippen molar-refractivity contribution < 1.29 is 14.0 Å². The van der Waals surface area contributed by atoms with Gasteiger partial charge in [0.15, 0.2) is 0 Å². The maximum Gasteiger partial charge on any atom is 0.246 e. The van der Waals surface area contributed by atoms with Crippen LogP contribution in [0.3, 0.4) is 0 Å². The van der Waals surface area contributed by atoms with Gasteiger partial charge < -0.3 is 19.3 Å². The van der Waals surface area contributed by atoms with E-state index in [1.165, 1.54) is 0 Å². The predicted molar refractivity (Wildman–Crippen MR) is 75.5 cm³/mol. The quantitative estimate of drug-likeness (QED) is 0.924. The number of aromatic nitrogens is 2. The van der Waals surface area contributed by atoms with E-state index in [-0.39, 0.29) is 6.04 Å². The van der Waals surface area contributed by atoms with Gasteiger partial charge in [0, 0.05) is 12.1 Å². The molecule has 1 N–H and O–H groups in total. The Hall–Kier alpha value is -1.44. The first-order valence-corrected chi connectivity index (χ1v) is 7.06. The topological polar surface area (TPSA) is 69.4 Å². The molecular weight excluding hydrogens is 326 g/mol. The number of nitrogens with zero attached hydrogens (tertiary/aromatic N) is 2. The van der Waals surface area contributed by atoms with Crippen LogP contribution in [0.4, 0.5) is 0 Å². The van der Waals surface area contributed by atoms with E-state index in [2.05, 4.69) is 31.4 Å². The number of benzene rings is 1. The van der Waals surface area contributed by atoms with Crippen LogP contribution in [-0.4, -0.2) is 37.0 Å². The highest BCUT2D eigenvalue weighted by Crippen LogP contribution is 2.29. The number of ether oxygens (including phenoxy) is 2. The normalized spacial score (nSPS) is 19.0. The van der Waals surface area contributed by atoms with Crippen LogP contribution in [0, 0.1) is 0 Å². The Kier molecular flexibility index (Phi) is 4.00. The molecular formula is C13H14BrN3O3. The largest absolute Gasteiger partial charge is 0.496 e. The van der Waals surface area contributed by atoms with E-state index < -0.39 is 0 Å². The molecule has 0 aliphatic carbocycles. The van der Waals surface area contributed by atoms with Crippen LogP contribution in [0.5, 0.6) is 5.75 Å². The smallest absolute Gasteiger partial charge is 0.246 e. The summed E-state index contributed by atoms with van der Waals surface area (Å²) in [6.07, 6.45) is 0. The highest BCUT2D eigenvalue weighted by molar-refractivity contribution is 9.10. The highest BCUT2D eigenvalue weighted by atomic mass is 79.9. The second kappa shape index (κ2) is 5.90. The van der Waals surface area contributed by atoms with Gasteiger partial charge in [0.05, 0.1) is 24.8 Å². The average Bonchev–Trinajstić information content (AvgIpc) is 2.98. The zero-order valence-electron chi connectivity index (χ0n) is 10.9. The molecule has 1 aromatic carbocycles. The number of halogens is 1. The maximum absolute atomic E-state index is 5.39. The number of methoxy groups -OCH3 is 1. The third kappa shape index (κ3) is 2.70. The van der Waals surface area contributed by atoms with Crippen LogP contribution in [0.15, 0.2) is 27.2 Å². The molecule has 0 spiro atoms. The van der Waals surface area contributed by atoms with Crippen LogP contribution in [0.2, 0.25) is 0 Å². The molecule has 0 bridgehead atoms. The van der Waals surface area contributed by atoms with Crippen molar-refractivity contribution in [1.29, 1.82) is 0 Å². The Morgan fingerprint density at radius 2 is 2.35 bits per heavy atom. The number of hydrogen-bond donors (Lipinski definition) is 1. The summed E-state index contributed by atoms with van der Waals surface area (Å²) in [6, 6.07) is 5.62. The summed E-state index contributed by atoms with van der Waals surface area (Å²) in [5.74, 6) is 1.86. The minimum Gasteiger partial charge on any atom is -0.496 e. The number of morpholine rings is 1. The molecule has 0 amide bonds. The zero-order chi connectivity index (χ0) is 13.9. The van der Waals surface area contributed by atoms with Crippen LogP contribution in [0.1, 0.15) is 11.9 Å². The third-order valence-electron chi connectivity index (χ3n) is 3.07. The molecule has 1 saturated heterocycles. The van der Waals surface area contributed by atoms with E-state index in [1.807, 2.05) is 18.2 Å². The fraction of sp³-hybridized carbons (Fsp3) is 0.385. The summed E-state index contributed by atoms with van der Waals surface area (Å²) >= 11 is 3.44. The molecule has 1 fully saturated rings. The second-order valence-corrected chi connectivity index (χ2v) is 5.24. The first-order chi connectivity index (χ1) is 9.78. The van der Waals surface area contributed by atoms with Gasteiger partial charge in [-0.15, -0.1) is 0 Å². The lowest BCUT2D eigenvalue weighted by atomic mass is 10.2. The molecule has 1 aliphatic rings. The van der Waals surface area contributed by atoms with Gasteiger partial charge in [-0.25, -0.2) is 0 Å². The van der Waals surface area contributed by atoms with Gasteiger partial charge in [0.1, 0.15) is 11.8 Å². The molecule has 2 heterocycles. The van der Waals surface area contributed by atoms with Gasteiger partial charge in [-0.3, -0.25) is 0 Å². The molecule has 1 aliphatic heterocycles. The van der Waals surface area contributed by atoms with Crippen molar-refractivity contribution >= 4 is 15.9 Å². The standard InChI is InChI=1S/C13H14BrN3O3/c1-18-11-3-2-8(6-9(11)14)12-16-13(20-17-12)10-7-19-5-4-15-10/h2-3,6,10,15H,4-5,7H2,1H3. The third-order valence-corrected chi connectivity index (χ3v) is 3.69. The summed E-state index contributed by atoms with van der Waals surface area (Å²) in [5.41, 5.74) is 0.865. The van der Waals surface area contributed by atoms with Gasteiger partial charge >= 0.3 is 0 Å². The van der Waals surface area contributed by atoms with Gasteiger partial charge in [-0.1, -0.05) is 5.16 Å². The lowest BCUT2D eigenvalue weighted by molar-refractivity contribution is 0.0659.